The third-order valence-electron chi connectivity index (χ3n) is 2.90. The summed E-state index contributed by atoms with van der Waals surface area (Å²) in [6.07, 6.45) is 7.76. The van der Waals surface area contributed by atoms with Crippen LogP contribution >= 0.6 is 0 Å². The van der Waals surface area contributed by atoms with Gasteiger partial charge in [-0.25, -0.2) is 0 Å². The van der Waals surface area contributed by atoms with Crippen LogP contribution in [0.2, 0.25) is 0 Å². The molecule has 0 saturated carbocycles. The highest BCUT2D eigenvalue weighted by atomic mass is 16.1. The average molecular weight is 204 g/mol. The normalized spacial score (nSPS) is 21.7. The highest BCUT2D eigenvalue weighted by Gasteiger charge is 2.14. The van der Waals surface area contributed by atoms with E-state index in [1.54, 1.807) is 0 Å². The predicted molar refractivity (Wildman–Crippen MR) is 64.6 cm³/mol. The lowest BCUT2D eigenvalue weighted by Crippen LogP contribution is -1.98. The summed E-state index contributed by atoms with van der Waals surface area (Å²) in [5.41, 5.74) is 2.19. The predicted octanol–water partition coefficient (Wildman–Crippen LogP) is 3.68. The first-order valence-corrected chi connectivity index (χ1v) is 5.63. The van der Waals surface area contributed by atoms with E-state index in [4.69, 9.17) is 0 Å². The second kappa shape index (κ2) is 5.11. The van der Waals surface area contributed by atoms with Crippen LogP contribution < -0.4 is 0 Å². The molecule has 1 aliphatic carbocycles. The molecule has 1 rings (SSSR count). The molecule has 15 heavy (non-hydrogen) atoms. The fourth-order valence-electron chi connectivity index (χ4n) is 1.83. The van der Waals surface area contributed by atoms with E-state index in [1.165, 1.54) is 11.6 Å². The van der Waals surface area contributed by atoms with Crippen LogP contribution in [0, 0.1) is 11.8 Å². The summed E-state index contributed by atoms with van der Waals surface area (Å²) in [6, 6.07) is 0. The molecule has 0 aliphatic heterocycles. The Morgan fingerprint density at radius 3 is 2.80 bits per heavy atom. The zero-order valence-corrected chi connectivity index (χ0v) is 9.92. The first kappa shape index (κ1) is 12.0. The van der Waals surface area contributed by atoms with E-state index in [1.807, 2.05) is 0 Å². The van der Waals surface area contributed by atoms with Crippen molar-refractivity contribution < 1.29 is 4.79 Å². The molecule has 0 aromatic heterocycles. The van der Waals surface area contributed by atoms with Gasteiger partial charge in [-0.15, -0.1) is 0 Å². The van der Waals surface area contributed by atoms with E-state index < -0.39 is 0 Å². The standard InChI is InChI=1S/C14H20O/c1-5-14(15)13-8-11(4)6-7-12(9-13)10(2)3/h5,8-11H,1,6-7H2,2-4H3/t11-/m1/s1. The minimum Gasteiger partial charge on any atom is -0.289 e. The first-order valence-electron chi connectivity index (χ1n) is 5.63. The van der Waals surface area contributed by atoms with Crippen LogP contribution in [-0.2, 0) is 4.79 Å². The Balaban J connectivity index is 3.00. The number of hydrogen-bond acceptors (Lipinski definition) is 1. The second-order valence-electron chi connectivity index (χ2n) is 4.58. The molecule has 1 heteroatoms. The molecule has 0 spiro atoms. The first-order chi connectivity index (χ1) is 7.04. The van der Waals surface area contributed by atoms with Gasteiger partial charge in [-0.1, -0.05) is 45.1 Å². The summed E-state index contributed by atoms with van der Waals surface area (Å²) in [5, 5.41) is 0. The van der Waals surface area contributed by atoms with Gasteiger partial charge in [0.15, 0.2) is 5.78 Å². The third kappa shape index (κ3) is 3.19. The minimum absolute atomic E-state index is 0.0434. The zero-order chi connectivity index (χ0) is 11.4. The lowest BCUT2D eigenvalue weighted by atomic mass is 9.96. The van der Waals surface area contributed by atoms with Crippen LogP contribution in [0.15, 0.2) is 36.0 Å². The molecule has 0 bridgehead atoms. The molecule has 0 unspecified atom stereocenters. The van der Waals surface area contributed by atoms with Crippen molar-refractivity contribution in [3.63, 3.8) is 0 Å². The Morgan fingerprint density at radius 2 is 2.27 bits per heavy atom. The summed E-state index contributed by atoms with van der Waals surface area (Å²) < 4.78 is 0. The maximum absolute atomic E-state index is 11.6. The lowest BCUT2D eigenvalue weighted by molar-refractivity contribution is -0.111. The number of hydrogen-bond donors (Lipinski definition) is 0. The molecule has 0 aromatic rings. The van der Waals surface area contributed by atoms with Crippen LogP contribution in [0.1, 0.15) is 33.6 Å². The number of rotatable bonds is 3. The van der Waals surface area contributed by atoms with Crippen molar-refractivity contribution in [2.75, 3.05) is 0 Å². The Bertz CT molecular complexity index is 318. The van der Waals surface area contributed by atoms with Crippen molar-refractivity contribution in [1.29, 1.82) is 0 Å². The molecule has 1 aliphatic rings. The number of allylic oxidation sites excluding steroid dienone is 5. The molecular weight excluding hydrogens is 184 g/mol. The van der Waals surface area contributed by atoms with Crippen LogP contribution in [0.4, 0.5) is 0 Å². The largest absolute Gasteiger partial charge is 0.289 e. The molecule has 1 nitrogen and oxygen atoms in total. The van der Waals surface area contributed by atoms with Gasteiger partial charge in [0, 0.05) is 5.57 Å². The van der Waals surface area contributed by atoms with Crippen molar-refractivity contribution >= 4 is 5.78 Å². The highest BCUT2D eigenvalue weighted by molar-refractivity contribution is 6.05. The van der Waals surface area contributed by atoms with Gasteiger partial charge >= 0.3 is 0 Å². The van der Waals surface area contributed by atoms with Gasteiger partial charge in [0.2, 0.25) is 0 Å². The summed E-state index contributed by atoms with van der Waals surface area (Å²) in [4.78, 5) is 11.6. The topological polar surface area (TPSA) is 17.1 Å². The van der Waals surface area contributed by atoms with Crippen molar-refractivity contribution in [2.45, 2.75) is 33.6 Å². The van der Waals surface area contributed by atoms with Gasteiger partial charge in [0.1, 0.15) is 0 Å². The second-order valence-corrected chi connectivity index (χ2v) is 4.58. The lowest BCUT2D eigenvalue weighted by Gasteiger charge is -2.10. The molecule has 0 saturated heterocycles. The monoisotopic (exact) mass is 204 g/mol. The summed E-state index contributed by atoms with van der Waals surface area (Å²) in [5.74, 6) is 1.05. The maximum Gasteiger partial charge on any atom is 0.184 e. The van der Waals surface area contributed by atoms with E-state index >= 15 is 0 Å². The summed E-state index contributed by atoms with van der Waals surface area (Å²) >= 11 is 0. The molecule has 0 heterocycles. The summed E-state index contributed by atoms with van der Waals surface area (Å²) in [6.45, 7) is 10.1. The smallest absolute Gasteiger partial charge is 0.184 e. The van der Waals surface area contributed by atoms with Crippen molar-refractivity contribution in [1.82, 2.24) is 0 Å². The highest BCUT2D eigenvalue weighted by Crippen LogP contribution is 2.26. The van der Waals surface area contributed by atoms with E-state index in [0.29, 0.717) is 11.8 Å². The molecule has 0 radical (unpaired) electrons. The van der Waals surface area contributed by atoms with Crippen LogP contribution in [0.3, 0.4) is 0 Å². The Kier molecular flexibility index (Phi) is 4.07. The molecule has 0 N–H and O–H groups in total. The van der Waals surface area contributed by atoms with Crippen LogP contribution in [0.5, 0.6) is 0 Å². The molecular formula is C14H20O. The van der Waals surface area contributed by atoms with Gasteiger partial charge in [-0.3, -0.25) is 4.79 Å². The Morgan fingerprint density at radius 1 is 1.60 bits per heavy atom. The number of carbonyl (C=O) groups is 1. The number of carbonyl (C=O) groups excluding carboxylic acids is 1. The third-order valence-corrected chi connectivity index (χ3v) is 2.90. The van der Waals surface area contributed by atoms with Gasteiger partial charge < -0.3 is 0 Å². The maximum atomic E-state index is 11.6. The quantitative estimate of drug-likeness (QED) is 0.641. The van der Waals surface area contributed by atoms with Crippen LogP contribution in [0.25, 0.3) is 0 Å². The Labute approximate surface area is 92.6 Å². The van der Waals surface area contributed by atoms with Crippen molar-refractivity contribution in [3.8, 4) is 0 Å². The molecule has 0 fully saturated rings. The van der Waals surface area contributed by atoms with Crippen molar-refractivity contribution in [2.24, 2.45) is 11.8 Å². The number of ketones is 1. The molecule has 1 atom stereocenters. The summed E-state index contributed by atoms with van der Waals surface area (Å²) in [7, 11) is 0. The van der Waals surface area contributed by atoms with Crippen molar-refractivity contribution in [3.05, 3.63) is 36.0 Å². The van der Waals surface area contributed by atoms with Gasteiger partial charge in [-0.05, 0) is 30.8 Å². The molecule has 82 valence electrons. The van der Waals surface area contributed by atoms with Gasteiger partial charge in [0.05, 0.1) is 0 Å². The fraction of sp³-hybridized carbons (Fsp3) is 0.500. The van der Waals surface area contributed by atoms with E-state index in [2.05, 4.69) is 39.5 Å². The minimum atomic E-state index is 0.0434. The molecule has 0 amide bonds. The van der Waals surface area contributed by atoms with E-state index in [-0.39, 0.29) is 5.78 Å². The van der Waals surface area contributed by atoms with Crippen LogP contribution in [-0.4, -0.2) is 5.78 Å². The Hall–Kier alpha value is -1.11. The van der Waals surface area contributed by atoms with E-state index in [0.717, 1.165) is 18.4 Å². The zero-order valence-electron chi connectivity index (χ0n) is 9.92. The fourth-order valence-corrected chi connectivity index (χ4v) is 1.83. The molecule has 0 aromatic carbocycles. The SMILES string of the molecule is C=CC(=O)C1=C[C@H](C)CCC(C(C)C)=C1. The van der Waals surface area contributed by atoms with E-state index in [9.17, 15) is 4.79 Å². The average Bonchev–Trinajstić information content (AvgIpc) is 2.39. The van der Waals surface area contributed by atoms with Gasteiger partial charge in [-0.2, -0.15) is 0 Å². The van der Waals surface area contributed by atoms with Gasteiger partial charge in [0.25, 0.3) is 0 Å².